The van der Waals surface area contributed by atoms with E-state index in [-0.39, 0.29) is 41.2 Å². The second-order valence-corrected chi connectivity index (χ2v) is 11.5. The van der Waals surface area contributed by atoms with Crippen molar-refractivity contribution in [3.8, 4) is 5.75 Å². The molecule has 0 radical (unpaired) electrons. The van der Waals surface area contributed by atoms with Crippen molar-refractivity contribution in [3.05, 3.63) is 50.7 Å². The summed E-state index contributed by atoms with van der Waals surface area (Å²) in [4.78, 5) is 60.9. The molecule has 0 aliphatic carbocycles. The van der Waals surface area contributed by atoms with Crippen molar-refractivity contribution < 1.29 is 28.8 Å². The number of amides is 3. The number of halogens is 3. The maximum absolute atomic E-state index is 13.5. The Morgan fingerprint density at radius 3 is 1.92 bits per heavy atom. The third-order valence-corrected chi connectivity index (χ3v) is 7.95. The molecular formula is C23H23I3N4O7. The van der Waals surface area contributed by atoms with Gasteiger partial charge in [-0.1, -0.05) is 26.0 Å². The Hall–Kier alpha value is -2.09. The highest BCUT2D eigenvalue weighted by Crippen LogP contribution is 2.39. The number of nitrogens with one attached hydrogen (secondary N) is 3. The van der Waals surface area contributed by atoms with Crippen LogP contribution in [0.5, 0.6) is 5.75 Å². The van der Waals surface area contributed by atoms with Gasteiger partial charge in [0.2, 0.25) is 17.6 Å². The van der Waals surface area contributed by atoms with Gasteiger partial charge >= 0.3 is 11.7 Å². The molecule has 0 bridgehead atoms. The second kappa shape index (κ2) is 13.6. The van der Waals surface area contributed by atoms with Crippen LogP contribution in [0.15, 0.2) is 24.3 Å². The van der Waals surface area contributed by atoms with Crippen LogP contribution >= 0.6 is 67.8 Å². The van der Waals surface area contributed by atoms with Crippen LogP contribution in [0.1, 0.15) is 44.5 Å². The predicted molar refractivity (Wildman–Crippen MR) is 163 cm³/mol. The first-order chi connectivity index (χ1) is 17.2. The number of hydrogen-bond donors (Lipinski definition) is 3. The third-order valence-electron chi connectivity index (χ3n) is 4.72. The summed E-state index contributed by atoms with van der Waals surface area (Å²) in [7, 11) is 0. The van der Waals surface area contributed by atoms with Crippen LogP contribution in [0.2, 0.25) is 0 Å². The number of benzene rings is 2. The second-order valence-electron chi connectivity index (χ2n) is 8.23. The fraction of sp³-hybridized carbons (Fsp3) is 0.304. The topological polar surface area (TPSA) is 157 Å². The first-order valence-corrected chi connectivity index (χ1v) is 14.0. The molecule has 1 atom stereocenters. The maximum Gasteiger partial charge on any atom is 0.334 e. The molecule has 2 rings (SSSR count). The van der Waals surface area contributed by atoms with Crippen molar-refractivity contribution in [2.24, 2.45) is 5.92 Å². The molecule has 2 aromatic carbocycles. The van der Waals surface area contributed by atoms with Crippen molar-refractivity contribution in [1.82, 2.24) is 5.32 Å². The van der Waals surface area contributed by atoms with E-state index in [0.29, 0.717) is 22.1 Å². The summed E-state index contributed by atoms with van der Waals surface area (Å²) in [5, 5.41) is 19.4. The standard InChI is InChI=1S/C23H23I3N4O7/c1-10(2)9-13(23(34)37-15-8-6-5-7-14(15)30(35)36)29-22(33)16-17(24)20(27-11(3)31)19(26)21(18(16)25)28-12(4)32/h5-8,10,13H,9H2,1-4H3,(H,27,31)(H,28,32)(H,29,33)/t13-/m0/s1. The van der Waals surface area contributed by atoms with Gasteiger partial charge in [-0.15, -0.1) is 0 Å². The van der Waals surface area contributed by atoms with E-state index in [0.717, 1.165) is 0 Å². The number of esters is 1. The van der Waals surface area contributed by atoms with Gasteiger partial charge in [0.25, 0.3) is 5.91 Å². The summed E-state index contributed by atoms with van der Waals surface area (Å²) in [5.41, 5.74) is 0.435. The molecule has 0 heterocycles. The lowest BCUT2D eigenvalue weighted by Gasteiger charge is -2.22. The normalized spacial score (nSPS) is 11.5. The quantitative estimate of drug-likeness (QED) is 0.105. The molecule has 11 nitrogen and oxygen atoms in total. The van der Waals surface area contributed by atoms with Crippen molar-refractivity contribution in [3.63, 3.8) is 0 Å². The number of rotatable bonds is 9. The first-order valence-electron chi connectivity index (χ1n) is 10.8. The Labute approximate surface area is 253 Å². The minimum Gasteiger partial charge on any atom is -0.418 e. The highest BCUT2D eigenvalue weighted by Gasteiger charge is 2.31. The molecule has 0 saturated heterocycles. The summed E-state index contributed by atoms with van der Waals surface area (Å²) in [6.45, 7) is 6.33. The van der Waals surface area contributed by atoms with Gasteiger partial charge in [0.05, 0.1) is 32.6 Å². The molecular weight excluding hydrogens is 825 g/mol. The minimum absolute atomic E-state index is 0.0386. The highest BCUT2D eigenvalue weighted by atomic mass is 127. The minimum atomic E-state index is -1.13. The van der Waals surface area contributed by atoms with E-state index in [2.05, 4.69) is 16.0 Å². The van der Waals surface area contributed by atoms with E-state index < -0.39 is 22.8 Å². The lowest BCUT2D eigenvalue weighted by molar-refractivity contribution is -0.385. The summed E-state index contributed by atoms with van der Waals surface area (Å²) in [6.07, 6.45) is 0.194. The number of nitro groups is 1. The number of carbonyl (C=O) groups is 4. The zero-order valence-corrected chi connectivity index (χ0v) is 26.6. The summed E-state index contributed by atoms with van der Waals surface area (Å²) >= 11 is 5.82. The van der Waals surface area contributed by atoms with Gasteiger partial charge in [0, 0.05) is 19.9 Å². The molecule has 0 unspecified atom stereocenters. The van der Waals surface area contributed by atoms with Crippen LogP contribution < -0.4 is 20.7 Å². The number of ether oxygens (including phenoxy) is 1. The Kier molecular flexibility index (Phi) is 11.5. The van der Waals surface area contributed by atoms with E-state index in [1.807, 2.05) is 81.6 Å². The number of nitrogens with zero attached hydrogens (tertiary/aromatic N) is 1. The van der Waals surface area contributed by atoms with Crippen molar-refractivity contribution >= 4 is 109 Å². The molecule has 14 heteroatoms. The average Bonchev–Trinajstić information content (AvgIpc) is 2.78. The van der Waals surface area contributed by atoms with Crippen LogP contribution in [0, 0.1) is 26.7 Å². The third kappa shape index (κ3) is 8.20. The van der Waals surface area contributed by atoms with E-state index in [4.69, 9.17) is 4.74 Å². The first kappa shape index (κ1) is 31.1. The number of nitro benzene ring substituents is 1. The fourth-order valence-corrected chi connectivity index (χ4v) is 7.42. The van der Waals surface area contributed by atoms with Gasteiger partial charge < -0.3 is 20.7 Å². The van der Waals surface area contributed by atoms with E-state index in [1.165, 1.54) is 38.1 Å². The van der Waals surface area contributed by atoms with Gasteiger partial charge in [0.15, 0.2) is 0 Å². The van der Waals surface area contributed by atoms with Gasteiger partial charge in [-0.05, 0) is 86.2 Å². The highest BCUT2D eigenvalue weighted by molar-refractivity contribution is 14.1. The number of carbonyl (C=O) groups excluding carboxylic acids is 4. The summed E-state index contributed by atoms with van der Waals surface area (Å²) in [6, 6.07) is 4.32. The zero-order chi connectivity index (χ0) is 28.0. The molecule has 0 aliphatic rings. The Morgan fingerprint density at radius 2 is 1.46 bits per heavy atom. The van der Waals surface area contributed by atoms with E-state index >= 15 is 0 Å². The van der Waals surface area contributed by atoms with Gasteiger partial charge in [0.1, 0.15) is 6.04 Å². The van der Waals surface area contributed by atoms with Crippen molar-refractivity contribution in [2.75, 3.05) is 10.6 Å². The molecule has 37 heavy (non-hydrogen) atoms. The SMILES string of the molecule is CC(=O)Nc1c(I)c(NC(C)=O)c(I)c(C(=O)N[C@@H](CC(C)C)C(=O)Oc2ccccc2[N+](=O)[O-])c1I. The molecule has 3 amide bonds. The molecule has 0 spiro atoms. The van der Waals surface area contributed by atoms with Gasteiger partial charge in [-0.25, -0.2) is 4.79 Å². The predicted octanol–water partition coefficient (Wildman–Crippen LogP) is 5.08. The lowest BCUT2D eigenvalue weighted by Crippen LogP contribution is -2.44. The molecule has 0 aliphatic heterocycles. The summed E-state index contributed by atoms with van der Waals surface area (Å²) in [5.74, 6) is -2.53. The lowest BCUT2D eigenvalue weighted by atomic mass is 10.0. The van der Waals surface area contributed by atoms with Crippen LogP contribution in [0.3, 0.4) is 0 Å². The molecule has 198 valence electrons. The molecule has 3 N–H and O–H groups in total. The van der Waals surface area contributed by atoms with E-state index in [1.54, 1.807) is 0 Å². The zero-order valence-electron chi connectivity index (χ0n) is 20.1. The van der Waals surface area contributed by atoms with Crippen molar-refractivity contribution in [2.45, 2.75) is 40.2 Å². The van der Waals surface area contributed by atoms with Gasteiger partial charge in [-0.2, -0.15) is 0 Å². The fourth-order valence-electron chi connectivity index (χ4n) is 3.22. The summed E-state index contributed by atoms with van der Waals surface area (Å²) < 4.78 is 6.67. The van der Waals surface area contributed by atoms with Gasteiger partial charge in [-0.3, -0.25) is 24.5 Å². The average molecular weight is 848 g/mol. The Bertz CT molecular complexity index is 1220. The van der Waals surface area contributed by atoms with Crippen LogP contribution in [-0.4, -0.2) is 34.7 Å². The molecule has 0 aromatic heterocycles. The van der Waals surface area contributed by atoms with Crippen LogP contribution in [0.4, 0.5) is 17.1 Å². The number of anilines is 2. The maximum atomic E-state index is 13.5. The number of para-hydroxylation sites is 2. The smallest absolute Gasteiger partial charge is 0.334 e. The molecule has 0 saturated carbocycles. The largest absolute Gasteiger partial charge is 0.418 e. The monoisotopic (exact) mass is 848 g/mol. The Morgan fingerprint density at radius 1 is 0.946 bits per heavy atom. The van der Waals surface area contributed by atoms with E-state index in [9.17, 15) is 29.3 Å². The molecule has 2 aromatic rings. The Balaban J connectivity index is 2.51. The van der Waals surface area contributed by atoms with Crippen LogP contribution in [-0.2, 0) is 14.4 Å². The molecule has 0 fully saturated rings. The van der Waals surface area contributed by atoms with Crippen molar-refractivity contribution in [1.29, 1.82) is 0 Å². The van der Waals surface area contributed by atoms with Crippen LogP contribution in [0.25, 0.3) is 0 Å². The number of hydrogen-bond acceptors (Lipinski definition) is 7.